The third kappa shape index (κ3) is 25.4. The Hall–Kier alpha value is -6.03. The average Bonchev–Trinajstić information content (AvgIpc) is 0.881. The van der Waals surface area contributed by atoms with Crippen molar-refractivity contribution in [3.05, 3.63) is 0 Å². The molecule has 0 aromatic heterocycles. The van der Waals surface area contributed by atoms with E-state index in [1.54, 1.807) is 48.5 Å². The molecule has 2 saturated heterocycles. The van der Waals surface area contributed by atoms with Gasteiger partial charge in [-0.05, 0) is 128 Å². The smallest absolute Gasteiger partial charge is 0.246 e. The zero-order chi connectivity index (χ0) is 73.3. The number of carbonyl (C=O) groups is 11. The van der Waals surface area contributed by atoms with Crippen LogP contribution < -0.4 is 32.3 Å². The number of likely N-dealkylation sites (N-methyl/N-ethyl adjacent to an activating group) is 6. The molecule has 552 valence electrons. The van der Waals surface area contributed by atoms with Crippen molar-refractivity contribution in [2.75, 3.05) is 88.3 Å². The molecule has 27 heteroatoms. The molecule has 8 N–H and O–H groups in total. The van der Waals surface area contributed by atoms with Gasteiger partial charge in [0.15, 0.2) is 0 Å². The number of ether oxygens (including phenoxy) is 2. The number of nitrogens with two attached hydrogens (primary N) is 1. The zero-order valence-electron chi connectivity index (χ0n) is 62.5. The van der Waals surface area contributed by atoms with Crippen LogP contribution in [-0.2, 0) is 62.2 Å². The van der Waals surface area contributed by atoms with E-state index in [9.17, 15) is 38.7 Å². The lowest BCUT2D eigenvalue weighted by Crippen LogP contribution is -2.64. The van der Waals surface area contributed by atoms with Crippen molar-refractivity contribution in [3.8, 4) is 0 Å². The highest BCUT2D eigenvalue weighted by Gasteiger charge is 2.45. The van der Waals surface area contributed by atoms with Gasteiger partial charge in [-0.25, -0.2) is 0 Å². The minimum Gasteiger partial charge on any atom is -0.390 e. The number of amides is 11. The van der Waals surface area contributed by atoms with Gasteiger partial charge in [-0.15, -0.1) is 0 Å². The molecule has 0 saturated carbocycles. The lowest BCUT2D eigenvalue weighted by Gasteiger charge is -2.40. The summed E-state index contributed by atoms with van der Waals surface area (Å²) in [6, 6.07) is -14.3. The Morgan fingerprint density at radius 1 is 0.490 bits per heavy atom. The van der Waals surface area contributed by atoms with E-state index in [0.717, 1.165) is 43.8 Å². The van der Waals surface area contributed by atoms with E-state index < -0.39 is 161 Å². The van der Waals surface area contributed by atoms with Crippen molar-refractivity contribution in [3.63, 3.8) is 0 Å². The van der Waals surface area contributed by atoms with Crippen molar-refractivity contribution < 1.29 is 67.3 Å². The first-order valence-electron chi connectivity index (χ1n) is 35.2. The summed E-state index contributed by atoms with van der Waals surface area (Å²) in [5.41, 5.74) is 5.78. The van der Waals surface area contributed by atoms with E-state index in [0.29, 0.717) is 39.0 Å². The quantitative estimate of drug-likeness (QED) is 0.0722. The van der Waals surface area contributed by atoms with Crippen molar-refractivity contribution in [2.24, 2.45) is 41.2 Å². The molecular weight excluding hydrogens is 1230 g/mol. The number of hydrogen-bond acceptors (Lipinski definition) is 16. The molecule has 0 bridgehead atoms. The Kier molecular flexibility index (Phi) is 37.1. The van der Waals surface area contributed by atoms with E-state index >= 15 is 19.2 Å². The van der Waals surface area contributed by atoms with Gasteiger partial charge in [-0.1, -0.05) is 95.9 Å². The van der Waals surface area contributed by atoms with Crippen LogP contribution in [0.25, 0.3) is 0 Å². The highest BCUT2D eigenvalue weighted by molar-refractivity contribution is 6.00. The molecule has 2 aliphatic heterocycles. The first-order valence-corrected chi connectivity index (χ1v) is 35.2. The van der Waals surface area contributed by atoms with Crippen LogP contribution in [0.15, 0.2) is 0 Å². The molecule has 2 heterocycles. The van der Waals surface area contributed by atoms with Gasteiger partial charge in [0.1, 0.15) is 66.5 Å². The second kappa shape index (κ2) is 41.4. The Labute approximate surface area is 574 Å². The number of unbranched alkanes of at least 4 members (excludes halogenated alkanes) is 3. The third-order valence-corrected chi connectivity index (χ3v) is 18.8. The van der Waals surface area contributed by atoms with Gasteiger partial charge in [-0.3, -0.25) is 57.6 Å². The molecule has 0 aromatic carbocycles. The van der Waals surface area contributed by atoms with Gasteiger partial charge in [0, 0.05) is 62.0 Å². The molecule has 0 spiro atoms. The minimum absolute atomic E-state index is 0.0123. The summed E-state index contributed by atoms with van der Waals surface area (Å²) < 4.78 is 11.9. The molecule has 0 aromatic rings. The van der Waals surface area contributed by atoms with Crippen LogP contribution in [0.3, 0.4) is 0 Å². The van der Waals surface area contributed by atoms with Crippen LogP contribution in [0.5, 0.6) is 0 Å². The molecule has 2 aliphatic rings. The fraction of sp³-hybridized carbons (Fsp3) is 0.841. The SMILES string of the molecule is CC[C@@H]1NC(=O)[C@H]([C@H](O)[C@H](C)CCCCCN)NC(=O)[C@H](C(C)C)N(C)C(=O)[C@H](CC(C)C)N(C)C(=O)[C@H](CC(C)C)N(C)C(=O)[C@@H](C)NC(=O)[C@H](C)NC(=O)[C@H](CC(C)C)N(C)C(=O)[C@H](C(C)C)NC(=O)[C@H]([C@@H](C)OCCCCN2CCOCC2)N(C)C(=O)[C@@H](C)N(C)C1=O. The summed E-state index contributed by atoms with van der Waals surface area (Å²) in [4.78, 5) is 172. The van der Waals surface area contributed by atoms with Gasteiger partial charge in [0.2, 0.25) is 65.0 Å². The topological polar surface area (TPSA) is 335 Å². The maximum Gasteiger partial charge on any atom is 0.246 e. The molecule has 2 fully saturated rings. The standard InChI is InChI=1S/C69H127N13O14/c1-23-50-66(91)76(17)48(15)65(90)81(22)57(49(16)96-34-28-27-31-82-32-35-95-36-33-82)63(88)74-54(43(8)9)69(94)77(18)51(37-40(2)3)60(85)71-46(13)59(84)72-47(14)64(89)78(19)52(38-41(4)5)67(92)79(20)53(39-42(6)7)68(93)80(21)56(44(10)11)62(87)75-55(61(86)73-50)58(83)45(12)29-25-24-26-30-70/h40-58,83H,23-39,70H2,1-22H3,(H,71,85)(H,72,84)(H,73,86)(H,74,88)(H,75,87)/t45-,46+,47-,48-,49-,50+,51+,52+,53+,54+,55+,56+,57+,58-/m1/s1. The van der Waals surface area contributed by atoms with Gasteiger partial charge in [0.05, 0.1) is 25.4 Å². The number of aliphatic hydroxyl groups excluding tert-OH is 1. The normalized spacial score (nSPS) is 27.2. The molecule has 96 heavy (non-hydrogen) atoms. The minimum atomic E-state index is -1.68. The van der Waals surface area contributed by atoms with Crippen molar-refractivity contribution in [2.45, 2.75) is 254 Å². The second-order valence-corrected chi connectivity index (χ2v) is 28.9. The average molecular weight is 1360 g/mol. The van der Waals surface area contributed by atoms with E-state index in [1.807, 2.05) is 41.5 Å². The molecular formula is C69H127N13O14. The Morgan fingerprint density at radius 3 is 1.50 bits per heavy atom. The number of rotatable bonds is 23. The number of carbonyl (C=O) groups excluding carboxylic acids is 11. The molecule has 11 amide bonds. The summed E-state index contributed by atoms with van der Waals surface area (Å²) in [5.74, 6) is -10.1. The van der Waals surface area contributed by atoms with Gasteiger partial charge >= 0.3 is 0 Å². The van der Waals surface area contributed by atoms with Crippen LogP contribution in [0.1, 0.15) is 175 Å². The lowest BCUT2D eigenvalue weighted by atomic mass is 9.91. The fourth-order valence-corrected chi connectivity index (χ4v) is 12.5. The van der Waals surface area contributed by atoms with Gasteiger partial charge < -0.3 is 76.3 Å². The Bertz CT molecular complexity index is 2530. The van der Waals surface area contributed by atoms with Crippen molar-refractivity contribution >= 4 is 65.0 Å². The predicted molar refractivity (Wildman–Crippen MR) is 369 cm³/mol. The van der Waals surface area contributed by atoms with Crippen molar-refractivity contribution in [1.29, 1.82) is 0 Å². The van der Waals surface area contributed by atoms with Crippen LogP contribution >= 0.6 is 0 Å². The molecule has 2 rings (SSSR count). The first-order chi connectivity index (χ1) is 44.8. The molecule has 0 aliphatic carbocycles. The number of morpholine rings is 1. The van der Waals surface area contributed by atoms with Gasteiger partial charge in [0.25, 0.3) is 0 Å². The second-order valence-electron chi connectivity index (χ2n) is 28.9. The van der Waals surface area contributed by atoms with Gasteiger partial charge in [-0.2, -0.15) is 0 Å². The number of nitrogens with zero attached hydrogens (tertiary/aromatic N) is 7. The predicted octanol–water partition coefficient (Wildman–Crippen LogP) is 2.34. The maximum absolute atomic E-state index is 15.2. The first kappa shape index (κ1) is 86.1. The number of hydrogen-bond donors (Lipinski definition) is 7. The van der Waals surface area contributed by atoms with Crippen LogP contribution in [0, 0.1) is 35.5 Å². The van der Waals surface area contributed by atoms with Crippen LogP contribution in [0.2, 0.25) is 0 Å². The number of nitrogens with one attached hydrogen (secondary N) is 5. The highest BCUT2D eigenvalue weighted by Crippen LogP contribution is 2.25. The summed E-state index contributed by atoms with van der Waals surface area (Å²) >= 11 is 0. The lowest BCUT2D eigenvalue weighted by molar-refractivity contribution is -0.154. The third-order valence-electron chi connectivity index (χ3n) is 18.8. The molecule has 27 nitrogen and oxygen atoms in total. The Morgan fingerprint density at radius 2 is 0.979 bits per heavy atom. The molecule has 0 radical (unpaired) electrons. The largest absolute Gasteiger partial charge is 0.390 e. The van der Waals surface area contributed by atoms with E-state index in [-0.39, 0.29) is 50.0 Å². The maximum atomic E-state index is 15.2. The summed E-state index contributed by atoms with van der Waals surface area (Å²) in [5, 5.41) is 26.0. The van der Waals surface area contributed by atoms with Crippen LogP contribution in [-0.4, -0.2) is 271 Å². The summed E-state index contributed by atoms with van der Waals surface area (Å²) in [6.45, 7) is 31.8. The summed E-state index contributed by atoms with van der Waals surface area (Å²) in [6.07, 6.45) is 1.81. The number of aliphatic hydroxyl groups is 1. The summed E-state index contributed by atoms with van der Waals surface area (Å²) in [7, 11) is 8.53. The Balaban J connectivity index is 2.98. The van der Waals surface area contributed by atoms with E-state index in [4.69, 9.17) is 15.2 Å². The van der Waals surface area contributed by atoms with Crippen LogP contribution in [0.4, 0.5) is 0 Å². The molecule has 14 atom stereocenters. The fourth-order valence-electron chi connectivity index (χ4n) is 12.5. The van der Waals surface area contributed by atoms with Crippen molar-refractivity contribution in [1.82, 2.24) is 60.9 Å². The monoisotopic (exact) mass is 1360 g/mol. The highest BCUT2D eigenvalue weighted by atomic mass is 16.5. The van der Waals surface area contributed by atoms with E-state index in [2.05, 4.69) is 31.5 Å². The zero-order valence-corrected chi connectivity index (χ0v) is 62.5. The molecule has 0 unspecified atom stereocenters. The van der Waals surface area contributed by atoms with E-state index in [1.165, 1.54) is 87.6 Å².